The predicted molar refractivity (Wildman–Crippen MR) is 139 cm³/mol. The number of likely N-dealkylation sites (tertiary alicyclic amines) is 1. The van der Waals surface area contributed by atoms with Gasteiger partial charge in [0, 0.05) is 60.4 Å². The Labute approximate surface area is 204 Å². The van der Waals surface area contributed by atoms with Crippen LogP contribution in [-0.2, 0) is 6.54 Å². The van der Waals surface area contributed by atoms with Gasteiger partial charge >= 0.3 is 0 Å². The maximum absolute atomic E-state index is 9.74. The van der Waals surface area contributed by atoms with Crippen molar-refractivity contribution in [2.24, 2.45) is 0 Å². The number of aliphatic hydroxyl groups excluding tert-OH is 1. The Hall–Kier alpha value is -3.99. The molecule has 7 heteroatoms. The van der Waals surface area contributed by atoms with E-state index in [-0.39, 0.29) is 6.10 Å². The van der Waals surface area contributed by atoms with E-state index in [0.717, 1.165) is 77.3 Å². The Balaban J connectivity index is 1.39. The van der Waals surface area contributed by atoms with Gasteiger partial charge in [0.2, 0.25) is 0 Å². The monoisotopic (exact) mass is 464 g/mol. The number of aromatic amines is 1. The Morgan fingerprint density at radius 3 is 2.86 bits per heavy atom. The minimum Gasteiger partial charge on any atom is -0.393 e. The number of benzene rings is 1. The first kappa shape index (κ1) is 22.8. The molecule has 0 atom stereocenters. The maximum atomic E-state index is 9.74. The summed E-state index contributed by atoms with van der Waals surface area (Å²) in [6.45, 7) is 4.62. The lowest BCUT2D eigenvalue weighted by Crippen LogP contribution is -2.35. The lowest BCUT2D eigenvalue weighted by atomic mass is 10.1. The van der Waals surface area contributed by atoms with E-state index in [1.165, 1.54) is 0 Å². The molecule has 35 heavy (non-hydrogen) atoms. The van der Waals surface area contributed by atoms with E-state index >= 15 is 0 Å². The predicted octanol–water partition coefficient (Wildman–Crippen LogP) is 5.01. The molecule has 1 saturated heterocycles. The zero-order valence-corrected chi connectivity index (χ0v) is 19.7. The summed E-state index contributed by atoms with van der Waals surface area (Å²) >= 11 is 0. The van der Waals surface area contributed by atoms with Crippen LogP contribution in [0.4, 0.5) is 11.4 Å². The number of piperidine rings is 1. The van der Waals surface area contributed by atoms with Crippen LogP contribution in [0.5, 0.6) is 0 Å². The lowest BCUT2D eigenvalue weighted by molar-refractivity contribution is 0.0786. The van der Waals surface area contributed by atoms with Gasteiger partial charge in [0.25, 0.3) is 0 Å². The fourth-order valence-corrected chi connectivity index (χ4v) is 4.54. The normalized spacial score (nSPS) is 15.0. The van der Waals surface area contributed by atoms with Gasteiger partial charge in [-0.25, -0.2) is 0 Å². The number of H-pyrrole nitrogens is 1. The van der Waals surface area contributed by atoms with E-state index in [1.807, 2.05) is 48.7 Å². The van der Waals surface area contributed by atoms with Crippen LogP contribution in [0.3, 0.4) is 0 Å². The second-order valence-electron chi connectivity index (χ2n) is 8.96. The summed E-state index contributed by atoms with van der Waals surface area (Å²) in [7, 11) is 0. The molecule has 0 aliphatic carbocycles. The quantitative estimate of drug-likeness (QED) is 0.371. The van der Waals surface area contributed by atoms with Crippen LogP contribution in [0.25, 0.3) is 23.1 Å². The van der Waals surface area contributed by atoms with E-state index in [4.69, 9.17) is 4.98 Å². The second kappa shape index (κ2) is 10.1. The molecule has 3 aromatic heterocycles. The molecular weight excluding hydrogens is 436 g/mol. The third-order valence-electron chi connectivity index (χ3n) is 6.56. The number of anilines is 2. The number of fused-ring (bicyclic) bond motifs is 1. The van der Waals surface area contributed by atoms with E-state index in [9.17, 15) is 10.4 Å². The fraction of sp³-hybridized carbons (Fsp3) is 0.250. The average molecular weight is 465 g/mol. The van der Waals surface area contributed by atoms with Crippen LogP contribution in [-0.4, -0.2) is 44.2 Å². The molecule has 5 rings (SSSR count). The molecule has 176 valence electrons. The lowest BCUT2D eigenvalue weighted by Gasteiger charge is -2.29. The summed E-state index contributed by atoms with van der Waals surface area (Å²) < 4.78 is 0. The molecule has 0 radical (unpaired) electrons. The van der Waals surface area contributed by atoms with Gasteiger partial charge in [-0.3, -0.25) is 14.9 Å². The molecule has 1 aliphatic heterocycles. The number of hydrogen-bond acceptors (Lipinski definition) is 6. The zero-order chi connectivity index (χ0) is 24.2. The molecule has 3 N–H and O–H groups in total. The van der Waals surface area contributed by atoms with Gasteiger partial charge in [-0.2, -0.15) is 5.26 Å². The van der Waals surface area contributed by atoms with Crippen molar-refractivity contribution in [1.29, 1.82) is 5.26 Å². The molecule has 4 heterocycles. The first-order valence-corrected chi connectivity index (χ1v) is 11.9. The minimum absolute atomic E-state index is 0.178. The van der Waals surface area contributed by atoms with Crippen LogP contribution in [0, 0.1) is 18.3 Å². The van der Waals surface area contributed by atoms with E-state index in [1.54, 1.807) is 12.4 Å². The highest BCUT2D eigenvalue weighted by Crippen LogP contribution is 2.31. The summed E-state index contributed by atoms with van der Waals surface area (Å²) in [4.78, 5) is 14.6. The molecule has 0 bridgehead atoms. The van der Waals surface area contributed by atoms with Crippen LogP contribution in [0.15, 0.2) is 55.0 Å². The zero-order valence-electron chi connectivity index (χ0n) is 19.7. The Morgan fingerprint density at radius 2 is 2.03 bits per heavy atom. The van der Waals surface area contributed by atoms with E-state index in [0.29, 0.717) is 5.56 Å². The third-order valence-corrected chi connectivity index (χ3v) is 6.56. The number of rotatable bonds is 6. The number of aliphatic hydroxyl groups is 1. The smallest absolute Gasteiger partial charge is 0.103 e. The molecular formula is C28H28N6O. The summed E-state index contributed by atoms with van der Waals surface area (Å²) in [6, 6.07) is 14.4. The summed E-state index contributed by atoms with van der Waals surface area (Å²) in [5.74, 6) is 0. The second-order valence-corrected chi connectivity index (χ2v) is 8.96. The van der Waals surface area contributed by atoms with Crippen molar-refractivity contribution in [2.45, 2.75) is 32.4 Å². The number of hydrogen-bond donors (Lipinski definition) is 3. The Bertz CT molecular complexity index is 1410. The third kappa shape index (κ3) is 5.09. The molecule has 0 amide bonds. The number of aryl methyl sites for hydroxylation is 1. The van der Waals surface area contributed by atoms with Crippen molar-refractivity contribution in [3.05, 3.63) is 83.1 Å². The number of nitrogens with one attached hydrogen (secondary N) is 2. The molecule has 0 spiro atoms. The van der Waals surface area contributed by atoms with Gasteiger partial charge in [0.05, 0.1) is 28.7 Å². The standard InChI is InChI=1S/C28H28N6O/c1-19-25-9-12-31-27(25)8-7-26(19)33-28-20(16-30-17-21(28)15-29)5-6-22-3-2-4-23(32-22)18-34-13-10-24(35)11-14-34/h2-9,12,16-17,24,31,35H,10-11,13-14,18H2,1H3,(H,30,33)/b6-5+. The van der Waals surface area contributed by atoms with E-state index < -0.39 is 0 Å². The summed E-state index contributed by atoms with van der Waals surface area (Å²) in [6.07, 6.45) is 10.6. The molecule has 1 aliphatic rings. The number of nitriles is 1. The SMILES string of the molecule is Cc1c(Nc2c(C#N)cncc2/C=C/c2cccc(CN3CCC(O)CC3)n2)ccc2[nH]ccc12. The Kier molecular flexibility index (Phi) is 6.57. The van der Waals surface area contributed by atoms with Gasteiger partial charge in [0.15, 0.2) is 0 Å². The van der Waals surface area contributed by atoms with Gasteiger partial charge < -0.3 is 15.4 Å². The summed E-state index contributed by atoms with van der Waals surface area (Å²) in [5, 5.41) is 24.1. The van der Waals surface area contributed by atoms with Crippen molar-refractivity contribution in [1.82, 2.24) is 19.9 Å². The van der Waals surface area contributed by atoms with Crippen molar-refractivity contribution >= 4 is 34.4 Å². The largest absolute Gasteiger partial charge is 0.393 e. The molecule has 1 fully saturated rings. The molecule has 1 aromatic carbocycles. The van der Waals surface area contributed by atoms with Crippen LogP contribution < -0.4 is 5.32 Å². The van der Waals surface area contributed by atoms with Crippen molar-refractivity contribution in [2.75, 3.05) is 18.4 Å². The molecule has 0 unspecified atom stereocenters. The topological polar surface area (TPSA) is 101 Å². The van der Waals surface area contributed by atoms with Crippen molar-refractivity contribution < 1.29 is 5.11 Å². The highest BCUT2D eigenvalue weighted by atomic mass is 16.3. The fourth-order valence-electron chi connectivity index (χ4n) is 4.54. The minimum atomic E-state index is -0.178. The van der Waals surface area contributed by atoms with Gasteiger partial charge in [-0.1, -0.05) is 6.07 Å². The number of pyridine rings is 2. The van der Waals surface area contributed by atoms with Crippen LogP contribution in [0.2, 0.25) is 0 Å². The van der Waals surface area contributed by atoms with Crippen molar-refractivity contribution in [3.8, 4) is 6.07 Å². The summed E-state index contributed by atoms with van der Waals surface area (Å²) in [5.41, 5.74) is 7.00. The van der Waals surface area contributed by atoms with Crippen molar-refractivity contribution in [3.63, 3.8) is 0 Å². The number of nitrogens with zero attached hydrogens (tertiary/aromatic N) is 4. The van der Waals surface area contributed by atoms with Crippen LogP contribution in [0.1, 0.15) is 40.9 Å². The highest BCUT2D eigenvalue weighted by Gasteiger charge is 2.17. The van der Waals surface area contributed by atoms with Gasteiger partial charge in [-0.05, 0) is 67.8 Å². The molecule has 0 saturated carbocycles. The van der Waals surface area contributed by atoms with Crippen LogP contribution >= 0.6 is 0 Å². The molecule has 4 aromatic rings. The average Bonchev–Trinajstić information content (AvgIpc) is 3.36. The molecule has 7 nitrogen and oxygen atoms in total. The van der Waals surface area contributed by atoms with Gasteiger partial charge in [0.1, 0.15) is 6.07 Å². The first-order chi connectivity index (χ1) is 17.1. The van der Waals surface area contributed by atoms with Gasteiger partial charge in [-0.15, -0.1) is 0 Å². The highest BCUT2D eigenvalue weighted by molar-refractivity contribution is 5.90. The Morgan fingerprint density at radius 1 is 1.17 bits per heavy atom. The maximum Gasteiger partial charge on any atom is 0.103 e. The van der Waals surface area contributed by atoms with E-state index in [2.05, 4.69) is 39.2 Å². The number of aromatic nitrogens is 3. The first-order valence-electron chi connectivity index (χ1n) is 11.9.